The number of nitrogens with zero attached hydrogens (tertiary/aromatic N) is 3. The van der Waals surface area contributed by atoms with Crippen molar-refractivity contribution in [3.63, 3.8) is 0 Å². The number of aromatic nitrogens is 3. The molecule has 6 rings (SSSR count). The largest absolute Gasteiger partial charge is 0.383 e. The molecular weight excluding hydrogens is 537 g/mol. The van der Waals surface area contributed by atoms with Gasteiger partial charge in [-0.25, -0.2) is 17.8 Å². The summed E-state index contributed by atoms with van der Waals surface area (Å²) in [5, 5.41) is 6.04. The summed E-state index contributed by atoms with van der Waals surface area (Å²) < 4.78 is 43.2. The summed E-state index contributed by atoms with van der Waals surface area (Å²) in [6.45, 7) is 0. The Morgan fingerprint density at radius 1 is 1.00 bits per heavy atom. The summed E-state index contributed by atoms with van der Waals surface area (Å²) in [5.41, 5.74) is 16.4. The molecule has 2 fully saturated rings. The maximum absolute atomic E-state index is 15.4. The summed E-state index contributed by atoms with van der Waals surface area (Å²) >= 11 is 6.14. The van der Waals surface area contributed by atoms with Gasteiger partial charge in [0.15, 0.2) is 9.84 Å². The van der Waals surface area contributed by atoms with E-state index >= 15 is 4.39 Å². The Balaban J connectivity index is 1.36. The SMILES string of the molecule is Nc1ncc(C2CCC(N)CC2)c2c1c(-c1ccc(CS(=O)(=O)Cc3ccccc3Cl)c(F)c1)nn2C1CC1. The zero-order valence-corrected chi connectivity index (χ0v) is 23.1. The number of fused-ring (bicyclic) bond motifs is 1. The van der Waals surface area contributed by atoms with E-state index in [0.29, 0.717) is 33.6 Å². The fourth-order valence-corrected chi connectivity index (χ4v) is 7.50. The van der Waals surface area contributed by atoms with E-state index in [2.05, 4.69) is 4.98 Å². The Hall–Kier alpha value is -3.01. The van der Waals surface area contributed by atoms with Crippen molar-refractivity contribution in [3.05, 3.63) is 76.2 Å². The Labute approximate surface area is 232 Å². The predicted octanol–water partition coefficient (Wildman–Crippen LogP) is 5.91. The summed E-state index contributed by atoms with van der Waals surface area (Å²) in [7, 11) is -3.66. The average Bonchev–Trinajstić information content (AvgIpc) is 3.67. The zero-order chi connectivity index (χ0) is 27.3. The molecule has 7 nitrogen and oxygen atoms in total. The summed E-state index contributed by atoms with van der Waals surface area (Å²) in [4.78, 5) is 4.53. The van der Waals surface area contributed by atoms with E-state index in [4.69, 9.17) is 28.2 Å². The molecule has 2 aliphatic rings. The summed E-state index contributed by atoms with van der Waals surface area (Å²) in [6, 6.07) is 11.9. The molecule has 2 heterocycles. The molecule has 0 aliphatic heterocycles. The number of nitrogen functional groups attached to an aromatic ring is 1. The van der Waals surface area contributed by atoms with E-state index in [1.165, 1.54) is 12.1 Å². The van der Waals surface area contributed by atoms with Crippen LogP contribution in [0.15, 0.2) is 48.7 Å². The van der Waals surface area contributed by atoms with E-state index in [9.17, 15) is 8.42 Å². The van der Waals surface area contributed by atoms with Crippen molar-refractivity contribution >= 4 is 38.2 Å². The topological polar surface area (TPSA) is 117 Å². The average molecular weight is 568 g/mol. The molecule has 4 N–H and O–H groups in total. The van der Waals surface area contributed by atoms with Crippen LogP contribution < -0.4 is 11.5 Å². The van der Waals surface area contributed by atoms with Crippen LogP contribution in [0, 0.1) is 5.82 Å². The quantitative estimate of drug-likeness (QED) is 0.287. The molecule has 204 valence electrons. The zero-order valence-electron chi connectivity index (χ0n) is 21.5. The fraction of sp³-hybridized carbons (Fsp3) is 0.379. The lowest BCUT2D eigenvalue weighted by Crippen LogP contribution is -2.26. The second-order valence-electron chi connectivity index (χ2n) is 10.9. The molecule has 0 saturated heterocycles. The van der Waals surface area contributed by atoms with E-state index in [1.807, 2.05) is 10.9 Å². The maximum atomic E-state index is 15.4. The van der Waals surface area contributed by atoms with Crippen LogP contribution in [0.2, 0.25) is 5.02 Å². The van der Waals surface area contributed by atoms with Crippen molar-refractivity contribution in [3.8, 4) is 11.3 Å². The van der Waals surface area contributed by atoms with Gasteiger partial charge in [-0.05, 0) is 67.7 Å². The number of pyridine rings is 1. The molecule has 0 atom stereocenters. The van der Waals surface area contributed by atoms with Crippen molar-refractivity contribution in [2.75, 3.05) is 5.73 Å². The van der Waals surface area contributed by atoms with Gasteiger partial charge in [-0.1, -0.05) is 41.9 Å². The highest BCUT2D eigenvalue weighted by Gasteiger charge is 2.32. The van der Waals surface area contributed by atoms with Crippen molar-refractivity contribution in [1.82, 2.24) is 14.8 Å². The smallest absolute Gasteiger partial charge is 0.158 e. The monoisotopic (exact) mass is 567 g/mol. The van der Waals surface area contributed by atoms with Gasteiger partial charge in [-0.2, -0.15) is 5.10 Å². The van der Waals surface area contributed by atoms with Gasteiger partial charge in [0.1, 0.15) is 17.3 Å². The molecular formula is C29H31ClFN5O2S. The lowest BCUT2D eigenvalue weighted by molar-refractivity contribution is 0.395. The minimum Gasteiger partial charge on any atom is -0.383 e. The molecule has 4 aromatic rings. The van der Waals surface area contributed by atoms with Gasteiger partial charge in [0.2, 0.25) is 0 Å². The van der Waals surface area contributed by atoms with E-state index in [0.717, 1.165) is 55.0 Å². The Morgan fingerprint density at radius 3 is 2.41 bits per heavy atom. The van der Waals surface area contributed by atoms with Gasteiger partial charge in [-0.15, -0.1) is 0 Å². The second kappa shape index (κ2) is 10.2. The van der Waals surface area contributed by atoms with Gasteiger partial charge >= 0.3 is 0 Å². The predicted molar refractivity (Wildman–Crippen MR) is 153 cm³/mol. The van der Waals surface area contributed by atoms with Crippen LogP contribution in [0.1, 0.15) is 67.2 Å². The molecule has 2 saturated carbocycles. The highest BCUT2D eigenvalue weighted by atomic mass is 35.5. The van der Waals surface area contributed by atoms with Crippen LogP contribution >= 0.6 is 11.6 Å². The van der Waals surface area contributed by atoms with Crippen LogP contribution in [-0.2, 0) is 21.3 Å². The van der Waals surface area contributed by atoms with Gasteiger partial charge in [0.25, 0.3) is 0 Å². The van der Waals surface area contributed by atoms with Crippen LogP contribution in [0.4, 0.5) is 10.2 Å². The molecule has 2 aromatic heterocycles. The highest BCUT2D eigenvalue weighted by Crippen LogP contribution is 2.45. The first kappa shape index (κ1) is 26.2. The first-order valence-corrected chi connectivity index (χ1v) is 15.5. The van der Waals surface area contributed by atoms with Crippen LogP contribution in [0.25, 0.3) is 22.2 Å². The second-order valence-corrected chi connectivity index (χ2v) is 13.4. The minimum atomic E-state index is -3.66. The van der Waals surface area contributed by atoms with Crippen molar-refractivity contribution in [1.29, 1.82) is 0 Å². The normalized spacial score (nSPS) is 20.0. The van der Waals surface area contributed by atoms with Gasteiger partial charge in [0, 0.05) is 28.4 Å². The van der Waals surface area contributed by atoms with Crippen molar-refractivity contribution in [2.24, 2.45) is 5.73 Å². The number of halogens is 2. The Kier molecular flexibility index (Phi) is 6.85. The minimum absolute atomic E-state index is 0.0991. The number of benzene rings is 2. The highest BCUT2D eigenvalue weighted by molar-refractivity contribution is 7.89. The van der Waals surface area contributed by atoms with Gasteiger partial charge in [-0.3, -0.25) is 4.68 Å². The third-order valence-corrected chi connectivity index (χ3v) is 9.79. The van der Waals surface area contributed by atoms with Crippen LogP contribution in [0.5, 0.6) is 0 Å². The molecule has 2 aliphatic carbocycles. The molecule has 39 heavy (non-hydrogen) atoms. The standard InChI is InChI=1S/C29H31ClFN5O2S/c30-24-4-2-1-3-19(24)15-39(37,38)16-20-6-5-18(13-25(20)31)27-26-28(36(35-27)22-11-12-22)23(14-34-29(26)33)17-7-9-21(32)10-8-17/h1-6,13-14,17,21-22H,7-12,15-16,32H2,(H2,33,34). The van der Waals surface area contributed by atoms with E-state index in [1.54, 1.807) is 30.3 Å². The number of hydrogen-bond acceptors (Lipinski definition) is 6. The lowest BCUT2D eigenvalue weighted by Gasteiger charge is -2.27. The first-order chi connectivity index (χ1) is 18.7. The molecule has 0 bridgehead atoms. The third-order valence-electron chi connectivity index (χ3n) is 7.92. The number of hydrogen-bond donors (Lipinski definition) is 2. The van der Waals surface area contributed by atoms with E-state index < -0.39 is 21.4 Å². The van der Waals surface area contributed by atoms with E-state index in [-0.39, 0.29) is 23.4 Å². The molecule has 0 radical (unpaired) electrons. The number of sulfone groups is 1. The Morgan fingerprint density at radius 2 is 1.72 bits per heavy atom. The Bertz CT molecular complexity index is 1660. The molecule has 0 unspecified atom stereocenters. The molecule has 2 aromatic carbocycles. The maximum Gasteiger partial charge on any atom is 0.158 e. The number of nitrogens with two attached hydrogens (primary N) is 2. The van der Waals surface area contributed by atoms with Gasteiger partial charge < -0.3 is 11.5 Å². The van der Waals surface area contributed by atoms with Crippen LogP contribution in [-0.4, -0.2) is 29.2 Å². The van der Waals surface area contributed by atoms with Gasteiger partial charge in [0.05, 0.1) is 28.5 Å². The lowest BCUT2D eigenvalue weighted by atomic mass is 9.82. The van der Waals surface area contributed by atoms with Crippen molar-refractivity contribution < 1.29 is 12.8 Å². The third kappa shape index (κ3) is 5.27. The fourth-order valence-electron chi connectivity index (χ4n) is 5.68. The number of rotatable bonds is 7. The first-order valence-electron chi connectivity index (χ1n) is 13.3. The summed E-state index contributed by atoms with van der Waals surface area (Å²) in [6.07, 6.45) is 7.84. The number of anilines is 1. The molecule has 0 amide bonds. The van der Waals surface area contributed by atoms with Crippen LogP contribution in [0.3, 0.4) is 0 Å². The van der Waals surface area contributed by atoms with Crippen molar-refractivity contribution in [2.45, 2.75) is 68.0 Å². The molecule has 10 heteroatoms. The molecule has 0 spiro atoms. The summed E-state index contributed by atoms with van der Waals surface area (Å²) in [5.74, 6) is -0.617.